The van der Waals surface area contributed by atoms with Gasteiger partial charge in [-0.1, -0.05) is 18.2 Å². The van der Waals surface area contributed by atoms with E-state index in [0.717, 1.165) is 28.8 Å². The largest absolute Gasteiger partial charge is 0.493 e. The van der Waals surface area contributed by atoms with Crippen molar-refractivity contribution >= 4 is 28.8 Å². The minimum absolute atomic E-state index is 0.0847. The highest BCUT2D eigenvalue weighted by Crippen LogP contribution is 2.33. The standard InChI is InChI=1S/C26H26N4O5/c1-16-4-9-20(30(32)33)14-22(16)29-26(31)28-19-7-5-17(6-8-19)12-23-21-15-25(35-3)24(34-2)13-18(21)10-11-27-23/h4-9,13-15H,10-12H2,1-3H3,(H2,28,29,31). The van der Waals surface area contributed by atoms with Crippen LogP contribution in [0.2, 0.25) is 0 Å². The summed E-state index contributed by atoms with van der Waals surface area (Å²) in [4.78, 5) is 27.7. The number of urea groups is 1. The van der Waals surface area contributed by atoms with Gasteiger partial charge < -0.3 is 20.1 Å². The zero-order valence-electron chi connectivity index (χ0n) is 19.8. The Morgan fingerprint density at radius 2 is 1.74 bits per heavy atom. The van der Waals surface area contributed by atoms with Crippen LogP contribution in [-0.4, -0.2) is 37.4 Å². The maximum Gasteiger partial charge on any atom is 0.323 e. The molecule has 0 unspecified atom stereocenters. The average molecular weight is 475 g/mol. The molecule has 0 saturated carbocycles. The molecular formula is C26H26N4O5. The van der Waals surface area contributed by atoms with E-state index >= 15 is 0 Å². The monoisotopic (exact) mass is 474 g/mol. The van der Waals surface area contributed by atoms with E-state index in [4.69, 9.17) is 14.5 Å². The Labute approximate surface area is 202 Å². The molecule has 9 heteroatoms. The van der Waals surface area contributed by atoms with Crippen LogP contribution in [0.1, 0.15) is 22.3 Å². The van der Waals surface area contributed by atoms with Crippen molar-refractivity contribution in [2.24, 2.45) is 4.99 Å². The number of aryl methyl sites for hydroxylation is 1. The lowest BCUT2D eigenvalue weighted by atomic mass is 9.93. The Balaban J connectivity index is 1.43. The van der Waals surface area contributed by atoms with Gasteiger partial charge in [-0.3, -0.25) is 15.1 Å². The van der Waals surface area contributed by atoms with Gasteiger partial charge in [0.2, 0.25) is 0 Å². The number of hydrogen-bond donors (Lipinski definition) is 2. The highest BCUT2D eigenvalue weighted by atomic mass is 16.6. The fraction of sp³-hybridized carbons (Fsp3) is 0.231. The van der Waals surface area contributed by atoms with Crippen molar-refractivity contribution in [3.63, 3.8) is 0 Å². The first-order chi connectivity index (χ1) is 16.9. The lowest BCUT2D eigenvalue weighted by Gasteiger charge is -2.20. The molecule has 0 saturated heterocycles. The summed E-state index contributed by atoms with van der Waals surface area (Å²) in [5.74, 6) is 1.38. The van der Waals surface area contributed by atoms with E-state index in [0.29, 0.717) is 35.8 Å². The summed E-state index contributed by atoms with van der Waals surface area (Å²) in [5, 5.41) is 16.4. The number of hydrogen-bond acceptors (Lipinski definition) is 6. The van der Waals surface area contributed by atoms with Crippen molar-refractivity contribution in [2.75, 3.05) is 31.4 Å². The number of benzene rings is 3. The summed E-state index contributed by atoms with van der Waals surface area (Å²) in [7, 11) is 3.24. The van der Waals surface area contributed by atoms with Crippen molar-refractivity contribution in [2.45, 2.75) is 19.8 Å². The molecule has 3 aromatic rings. The third-order valence-corrected chi connectivity index (χ3v) is 5.87. The lowest BCUT2D eigenvalue weighted by molar-refractivity contribution is -0.384. The third kappa shape index (κ3) is 5.40. The maximum atomic E-state index is 12.4. The number of ether oxygens (including phenoxy) is 2. The number of methoxy groups -OCH3 is 2. The van der Waals surface area contributed by atoms with E-state index in [2.05, 4.69) is 10.6 Å². The van der Waals surface area contributed by atoms with E-state index in [9.17, 15) is 14.9 Å². The van der Waals surface area contributed by atoms with Gasteiger partial charge in [-0.25, -0.2) is 4.79 Å². The predicted molar refractivity (Wildman–Crippen MR) is 135 cm³/mol. The van der Waals surface area contributed by atoms with Gasteiger partial charge in [-0.05, 0) is 54.3 Å². The molecule has 0 aliphatic carbocycles. The van der Waals surface area contributed by atoms with Gasteiger partial charge in [0.25, 0.3) is 5.69 Å². The van der Waals surface area contributed by atoms with Crippen LogP contribution in [0.15, 0.2) is 59.6 Å². The second kappa shape index (κ2) is 10.3. The van der Waals surface area contributed by atoms with Gasteiger partial charge in [0.05, 0.1) is 24.8 Å². The molecule has 0 spiro atoms. The zero-order valence-corrected chi connectivity index (χ0v) is 19.8. The molecule has 0 bridgehead atoms. The second-order valence-electron chi connectivity index (χ2n) is 8.15. The zero-order chi connectivity index (χ0) is 24.9. The first-order valence-corrected chi connectivity index (χ1v) is 11.1. The molecule has 0 fully saturated rings. The van der Waals surface area contributed by atoms with E-state index in [1.54, 1.807) is 27.2 Å². The highest BCUT2D eigenvalue weighted by Gasteiger charge is 2.19. The number of nitrogens with one attached hydrogen (secondary N) is 2. The first-order valence-electron chi connectivity index (χ1n) is 11.1. The van der Waals surface area contributed by atoms with E-state index < -0.39 is 11.0 Å². The lowest BCUT2D eigenvalue weighted by Crippen LogP contribution is -2.20. The van der Waals surface area contributed by atoms with Crippen LogP contribution >= 0.6 is 0 Å². The number of amides is 2. The highest BCUT2D eigenvalue weighted by molar-refractivity contribution is 6.04. The Morgan fingerprint density at radius 3 is 2.43 bits per heavy atom. The maximum absolute atomic E-state index is 12.4. The molecule has 35 heavy (non-hydrogen) atoms. The number of nitrogens with zero attached hydrogens (tertiary/aromatic N) is 2. The summed E-state index contributed by atoms with van der Waals surface area (Å²) in [6, 6.07) is 15.3. The Hall–Kier alpha value is -4.40. The summed E-state index contributed by atoms with van der Waals surface area (Å²) < 4.78 is 10.9. The first kappa shape index (κ1) is 23.7. The molecule has 2 amide bonds. The van der Waals surface area contributed by atoms with Crippen molar-refractivity contribution < 1.29 is 19.2 Å². The van der Waals surface area contributed by atoms with Crippen LogP contribution in [0.4, 0.5) is 21.9 Å². The summed E-state index contributed by atoms with van der Waals surface area (Å²) in [6.07, 6.45) is 1.49. The molecular weight excluding hydrogens is 448 g/mol. The molecule has 2 N–H and O–H groups in total. The molecule has 3 aromatic carbocycles. The summed E-state index contributed by atoms with van der Waals surface area (Å²) >= 11 is 0. The van der Waals surface area contributed by atoms with Gasteiger partial charge in [0, 0.05) is 42.1 Å². The smallest absolute Gasteiger partial charge is 0.323 e. The number of aliphatic imine (C=N–C) groups is 1. The van der Waals surface area contributed by atoms with Gasteiger partial charge in [0.1, 0.15) is 0 Å². The second-order valence-corrected chi connectivity index (χ2v) is 8.15. The number of non-ortho nitro benzene ring substituents is 1. The number of nitro benzene ring substituents is 1. The van der Waals surface area contributed by atoms with E-state index in [1.165, 1.54) is 17.7 Å². The van der Waals surface area contributed by atoms with Crippen LogP contribution in [-0.2, 0) is 12.8 Å². The molecule has 1 aliphatic rings. The molecule has 0 aromatic heterocycles. The molecule has 0 radical (unpaired) electrons. The van der Waals surface area contributed by atoms with Crippen molar-refractivity contribution in [1.82, 2.24) is 0 Å². The topological polar surface area (TPSA) is 115 Å². The number of carbonyl (C=O) groups is 1. The van der Waals surface area contributed by atoms with Crippen molar-refractivity contribution in [3.05, 3.63) is 87.0 Å². The molecule has 180 valence electrons. The Kier molecular flexibility index (Phi) is 6.96. The fourth-order valence-corrected chi connectivity index (χ4v) is 3.99. The van der Waals surface area contributed by atoms with Crippen LogP contribution in [0.25, 0.3) is 0 Å². The molecule has 4 rings (SSSR count). The van der Waals surface area contributed by atoms with Crippen LogP contribution < -0.4 is 20.1 Å². The minimum atomic E-state index is -0.497. The van der Waals surface area contributed by atoms with Gasteiger partial charge >= 0.3 is 6.03 Å². The van der Waals surface area contributed by atoms with Crippen molar-refractivity contribution in [3.8, 4) is 11.5 Å². The fourth-order valence-electron chi connectivity index (χ4n) is 3.99. The normalized spacial score (nSPS) is 12.3. The Bertz CT molecular complexity index is 1300. The average Bonchev–Trinajstić information content (AvgIpc) is 2.85. The van der Waals surface area contributed by atoms with E-state index in [1.807, 2.05) is 36.4 Å². The molecule has 9 nitrogen and oxygen atoms in total. The predicted octanol–water partition coefficient (Wildman–Crippen LogP) is 5.15. The number of carbonyl (C=O) groups excluding carboxylic acids is 1. The molecule has 1 heterocycles. The minimum Gasteiger partial charge on any atom is -0.493 e. The third-order valence-electron chi connectivity index (χ3n) is 5.87. The molecule has 1 aliphatic heterocycles. The number of fused-ring (bicyclic) bond motifs is 1. The number of rotatable bonds is 7. The summed E-state index contributed by atoms with van der Waals surface area (Å²) in [6.45, 7) is 2.49. The number of anilines is 2. The number of nitro groups is 1. The van der Waals surface area contributed by atoms with Gasteiger partial charge in [-0.15, -0.1) is 0 Å². The van der Waals surface area contributed by atoms with Gasteiger partial charge in [0.15, 0.2) is 11.5 Å². The SMILES string of the molecule is COc1cc2c(cc1OC)C(Cc1ccc(NC(=O)Nc3cc([N+](=O)[O-])ccc3C)cc1)=NCC2. The van der Waals surface area contributed by atoms with Crippen LogP contribution in [0.5, 0.6) is 11.5 Å². The van der Waals surface area contributed by atoms with E-state index in [-0.39, 0.29) is 5.69 Å². The van der Waals surface area contributed by atoms with Crippen LogP contribution in [0.3, 0.4) is 0 Å². The van der Waals surface area contributed by atoms with Crippen molar-refractivity contribution in [1.29, 1.82) is 0 Å². The Morgan fingerprint density at radius 1 is 1.03 bits per heavy atom. The summed E-state index contributed by atoms with van der Waals surface area (Å²) in [5.41, 5.74) is 5.89. The van der Waals surface area contributed by atoms with Gasteiger partial charge in [-0.2, -0.15) is 0 Å². The molecule has 0 atom stereocenters. The quantitative estimate of drug-likeness (QED) is 0.363. The van der Waals surface area contributed by atoms with Crippen LogP contribution in [0, 0.1) is 17.0 Å².